The highest BCUT2D eigenvalue weighted by Crippen LogP contribution is 2.50. The fourth-order valence-electron chi connectivity index (χ4n) is 3.77. The molecule has 0 radical (unpaired) electrons. The van der Waals surface area contributed by atoms with Crippen molar-refractivity contribution in [1.82, 2.24) is 0 Å². The van der Waals surface area contributed by atoms with Crippen molar-refractivity contribution in [2.24, 2.45) is 0 Å². The minimum absolute atomic E-state index is 0.0237. The third-order valence-corrected chi connectivity index (χ3v) is 5.30. The second-order valence-corrected chi connectivity index (χ2v) is 7.37. The minimum Gasteiger partial charge on any atom is -0.497 e. The normalized spacial score (nSPS) is 18.9. The summed E-state index contributed by atoms with van der Waals surface area (Å²) < 4.78 is 23.1. The molecule has 0 amide bonds. The molecule has 2 aliphatic heterocycles. The maximum atomic E-state index is 5.76. The SMILES string of the molecule is COc1cccc(C#CC2c3c(cc4c(c3OC)OCO4)CC[N+]2(C)C)c1. The van der Waals surface area contributed by atoms with Gasteiger partial charge in [0.15, 0.2) is 17.5 Å². The Labute approximate surface area is 160 Å². The summed E-state index contributed by atoms with van der Waals surface area (Å²) in [4.78, 5) is 0. The fourth-order valence-corrected chi connectivity index (χ4v) is 3.77. The fraction of sp³-hybridized carbons (Fsp3) is 0.364. The third kappa shape index (κ3) is 3.07. The van der Waals surface area contributed by atoms with E-state index in [9.17, 15) is 0 Å². The molecule has 27 heavy (non-hydrogen) atoms. The van der Waals surface area contributed by atoms with Crippen molar-refractivity contribution < 1.29 is 23.4 Å². The van der Waals surface area contributed by atoms with E-state index in [1.165, 1.54) is 5.56 Å². The number of rotatable bonds is 2. The molecule has 5 heteroatoms. The molecule has 0 fully saturated rings. The van der Waals surface area contributed by atoms with Crippen LogP contribution in [0.2, 0.25) is 0 Å². The van der Waals surface area contributed by atoms with Gasteiger partial charge in [-0.3, -0.25) is 0 Å². The lowest BCUT2D eigenvalue weighted by atomic mass is 9.89. The van der Waals surface area contributed by atoms with E-state index in [2.05, 4.69) is 32.0 Å². The van der Waals surface area contributed by atoms with Gasteiger partial charge in [-0.25, -0.2) is 0 Å². The highest BCUT2D eigenvalue weighted by Gasteiger charge is 2.40. The first kappa shape index (κ1) is 17.6. The Kier molecular flexibility index (Phi) is 4.37. The number of hydrogen-bond donors (Lipinski definition) is 0. The molecular weight excluding hydrogens is 342 g/mol. The van der Waals surface area contributed by atoms with Crippen LogP contribution >= 0.6 is 0 Å². The van der Waals surface area contributed by atoms with Crippen molar-refractivity contribution >= 4 is 0 Å². The van der Waals surface area contributed by atoms with Gasteiger partial charge in [0.25, 0.3) is 0 Å². The lowest BCUT2D eigenvalue weighted by molar-refractivity contribution is -0.914. The van der Waals surface area contributed by atoms with E-state index in [1.807, 2.05) is 24.3 Å². The molecule has 0 saturated carbocycles. The Bertz CT molecular complexity index is 939. The van der Waals surface area contributed by atoms with Gasteiger partial charge in [0.2, 0.25) is 12.5 Å². The highest BCUT2D eigenvalue weighted by atomic mass is 16.7. The van der Waals surface area contributed by atoms with Crippen LogP contribution in [0.5, 0.6) is 23.0 Å². The van der Waals surface area contributed by atoms with Crippen molar-refractivity contribution in [2.75, 3.05) is 41.7 Å². The molecule has 0 aliphatic carbocycles. The summed E-state index contributed by atoms with van der Waals surface area (Å²) in [5.74, 6) is 9.82. The van der Waals surface area contributed by atoms with Crippen LogP contribution in [0.15, 0.2) is 30.3 Å². The van der Waals surface area contributed by atoms with Crippen LogP contribution in [-0.2, 0) is 6.42 Å². The second-order valence-electron chi connectivity index (χ2n) is 7.37. The smallest absolute Gasteiger partial charge is 0.231 e. The largest absolute Gasteiger partial charge is 0.497 e. The van der Waals surface area contributed by atoms with Crippen LogP contribution in [0.1, 0.15) is 22.7 Å². The van der Waals surface area contributed by atoms with Gasteiger partial charge in [-0.1, -0.05) is 12.0 Å². The Balaban J connectivity index is 1.83. The molecule has 0 bridgehead atoms. The molecule has 2 aromatic carbocycles. The Morgan fingerprint density at radius 3 is 2.74 bits per heavy atom. The van der Waals surface area contributed by atoms with Crippen molar-refractivity contribution in [3.63, 3.8) is 0 Å². The zero-order chi connectivity index (χ0) is 19.0. The summed E-state index contributed by atoms with van der Waals surface area (Å²) in [5, 5.41) is 0. The zero-order valence-corrected chi connectivity index (χ0v) is 16.2. The summed E-state index contributed by atoms with van der Waals surface area (Å²) in [7, 11) is 7.76. The van der Waals surface area contributed by atoms with Crippen molar-refractivity contribution in [1.29, 1.82) is 0 Å². The van der Waals surface area contributed by atoms with Gasteiger partial charge in [-0.15, -0.1) is 0 Å². The lowest BCUT2D eigenvalue weighted by Crippen LogP contribution is -2.47. The molecule has 140 valence electrons. The van der Waals surface area contributed by atoms with Crippen LogP contribution in [0.3, 0.4) is 0 Å². The number of fused-ring (bicyclic) bond motifs is 2. The van der Waals surface area contributed by atoms with E-state index in [0.717, 1.165) is 45.8 Å². The number of likely N-dealkylation sites (N-methyl/N-ethyl adjacent to an activating group) is 1. The first-order chi connectivity index (χ1) is 13.0. The van der Waals surface area contributed by atoms with Gasteiger partial charge >= 0.3 is 0 Å². The monoisotopic (exact) mass is 366 g/mol. The van der Waals surface area contributed by atoms with E-state index in [4.69, 9.17) is 18.9 Å². The Morgan fingerprint density at radius 1 is 1.11 bits per heavy atom. The topological polar surface area (TPSA) is 36.9 Å². The van der Waals surface area contributed by atoms with Crippen molar-refractivity contribution in [3.8, 4) is 34.8 Å². The molecule has 0 N–H and O–H groups in total. The molecule has 0 saturated heterocycles. The van der Waals surface area contributed by atoms with E-state index >= 15 is 0 Å². The molecule has 0 aromatic heterocycles. The van der Waals surface area contributed by atoms with Gasteiger partial charge in [0.1, 0.15) is 5.75 Å². The first-order valence-corrected chi connectivity index (χ1v) is 9.01. The quantitative estimate of drug-likeness (QED) is 0.604. The third-order valence-electron chi connectivity index (χ3n) is 5.30. The van der Waals surface area contributed by atoms with Crippen LogP contribution in [-0.4, -0.2) is 46.1 Å². The predicted octanol–water partition coefficient (Wildman–Crippen LogP) is 3.16. The average Bonchev–Trinajstić information content (AvgIpc) is 3.13. The number of methoxy groups -OCH3 is 2. The Hall–Kier alpha value is -2.84. The molecule has 1 atom stereocenters. The number of benzene rings is 2. The van der Waals surface area contributed by atoms with Gasteiger partial charge in [0, 0.05) is 12.0 Å². The molecule has 2 heterocycles. The minimum atomic E-state index is -0.0237. The molecule has 2 aliphatic rings. The van der Waals surface area contributed by atoms with E-state index in [1.54, 1.807) is 14.2 Å². The lowest BCUT2D eigenvalue weighted by Gasteiger charge is -2.40. The second kappa shape index (κ2) is 6.71. The average molecular weight is 366 g/mol. The maximum absolute atomic E-state index is 5.76. The molecule has 5 nitrogen and oxygen atoms in total. The molecule has 1 unspecified atom stereocenters. The summed E-state index contributed by atoms with van der Waals surface area (Å²) in [6.45, 7) is 1.22. The van der Waals surface area contributed by atoms with Crippen molar-refractivity contribution in [3.05, 3.63) is 47.0 Å². The molecule has 4 rings (SSSR count). The maximum Gasteiger partial charge on any atom is 0.231 e. The van der Waals surface area contributed by atoms with Crippen LogP contribution in [0.4, 0.5) is 0 Å². The summed E-state index contributed by atoms with van der Waals surface area (Å²) in [5.41, 5.74) is 3.26. The zero-order valence-electron chi connectivity index (χ0n) is 16.2. The van der Waals surface area contributed by atoms with E-state index in [0.29, 0.717) is 5.75 Å². The number of nitrogens with zero attached hydrogens (tertiary/aromatic N) is 1. The molecule has 0 spiro atoms. The van der Waals surface area contributed by atoms with Crippen molar-refractivity contribution in [2.45, 2.75) is 12.5 Å². The van der Waals surface area contributed by atoms with Crippen LogP contribution in [0.25, 0.3) is 0 Å². The van der Waals surface area contributed by atoms with Gasteiger partial charge in [0.05, 0.1) is 40.4 Å². The number of hydrogen-bond acceptors (Lipinski definition) is 4. The van der Waals surface area contributed by atoms with E-state index in [-0.39, 0.29) is 12.8 Å². The number of quaternary nitrogens is 1. The van der Waals surface area contributed by atoms with Gasteiger partial charge in [-0.2, -0.15) is 0 Å². The molecular formula is C22H24NO4+. The van der Waals surface area contributed by atoms with Crippen LogP contribution < -0.4 is 18.9 Å². The summed E-state index contributed by atoms with van der Waals surface area (Å²) in [6.07, 6.45) is 0.951. The first-order valence-electron chi connectivity index (χ1n) is 9.01. The highest BCUT2D eigenvalue weighted by molar-refractivity contribution is 5.62. The summed E-state index contributed by atoms with van der Waals surface area (Å²) >= 11 is 0. The van der Waals surface area contributed by atoms with Gasteiger partial charge in [-0.05, 0) is 35.7 Å². The standard InChI is InChI=1S/C22H24NO4/c1-23(2)11-10-16-13-19-21(27-14-26-19)22(25-4)20(16)18(23)9-8-15-6-5-7-17(12-15)24-3/h5-7,12-13,18H,10-11,14H2,1-4H3/q+1. The number of ether oxygens (including phenoxy) is 4. The van der Waals surface area contributed by atoms with E-state index < -0.39 is 0 Å². The predicted molar refractivity (Wildman–Crippen MR) is 102 cm³/mol. The summed E-state index contributed by atoms with van der Waals surface area (Å²) in [6, 6.07) is 9.88. The van der Waals surface area contributed by atoms with Crippen LogP contribution in [0, 0.1) is 11.8 Å². The molecule has 2 aromatic rings. The van der Waals surface area contributed by atoms with Gasteiger partial charge < -0.3 is 23.4 Å². The Morgan fingerprint density at radius 2 is 1.96 bits per heavy atom.